The van der Waals surface area contributed by atoms with E-state index in [0.29, 0.717) is 45.6 Å². The van der Waals surface area contributed by atoms with Crippen LogP contribution >= 0.6 is 13.5 Å². The van der Waals surface area contributed by atoms with E-state index in [1.165, 1.54) is 20.4 Å². The number of aromatic nitrogens is 5. The molecular weight excluding hydrogens is 613 g/mol. The lowest BCUT2D eigenvalue weighted by atomic mass is 9.90. The molecule has 0 bridgehead atoms. The zero-order chi connectivity index (χ0) is 32.3. The fourth-order valence-corrected chi connectivity index (χ4v) is 7.18. The first-order chi connectivity index (χ1) is 22.0. The molecule has 0 saturated carbocycles. The molecule has 0 amide bonds. The number of fused-ring (bicyclic) bond motifs is 3. The lowest BCUT2D eigenvalue weighted by molar-refractivity contribution is 0.275. The molecule has 0 aromatic carbocycles. The van der Waals surface area contributed by atoms with Crippen LogP contribution in [-0.2, 0) is 26.5 Å². The first kappa shape index (κ1) is 32.5. The van der Waals surface area contributed by atoms with Gasteiger partial charge in [0.15, 0.2) is 0 Å². The Morgan fingerprint density at radius 1 is 1.02 bits per heavy atom. The maximum atomic E-state index is 13.8. The lowest BCUT2D eigenvalue weighted by Crippen LogP contribution is -2.50. The maximum absolute atomic E-state index is 13.8. The van der Waals surface area contributed by atoms with E-state index in [1.807, 2.05) is 35.0 Å². The first-order valence-electron chi connectivity index (χ1n) is 15.8. The van der Waals surface area contributed by atoms with Gasteiger partial charge in [0.1, 0.15) is 22.8 Å². The number of aliphatic hydroxyl groups is 1. The van der Waals surface area contributed by atoms with E-state index in [1.54, 1.807) is 37.8 Å². The molecule has 0 spiro atoms. The SMILES string of the molecule is C[C@H]1CN(C)CCN1c1ccc(Nc2cc(-c3ccnc(-n4ccn5c6c(cc5c4=O)CC(C)(C)C6)c3CO)cn(C)c2=O)nc1.S. The molecule has 0 radical (unpaired) electrons. The van der Waals surface area contributed by atoms with E-state index in [2.05, 4.69) is 52.9 Å². The van der Waals surface area contributed by atoms with Crippen molar-refractivity contribution in [3.63, 3.8) is 0 Å². The molecule has 1 aliphatic carbocycles. The van der Waals surface area contributed by atoms with Crippen LogP contribution in [0.5, 0.6) is 0 Å². The molecular formula is C35H42N8O3S. The average Bonchev–Trinajstić information content (AvgIpc) is 3.52. The van der Waals surface area contributed by atoms with Gasteiger partial charge in [-0.3, -0.25) is 14.2 Å². The van der Waals surface area contributed by atoms with Crippen molar-refractivity contribution < 1.29 is 5.11 Å². The summed E-state index contributed by atoms with van der Waals surface area (Å²) in [7, 11) is 3.83. The van der Waals surface area contributed by atoms with Gasteiger partial charge in [0.05, 0.1) is 18.5 Å². The van der Waals surface area contributed by atoms with Crippen LogP contribution in [0.4, 0.5) is 17.2 Å². The highest BCUT2D eigenvalue weighted by Crippen LogP contribution is 2.37. The minimum absolute atomic E-state index is 0. The van der Waals surface area contributed by atoms with Gasteiger partial charge in [-0.25, -0.2) is 9.97 Å². The standard InChI is InChI=1S/C35H40N8O3.H2S/c1-22-19-39(4)10-11-41(22)25-6-7-31(37-18-25)38-28-14-24(20-40(5)33(28)45)26-8-9-36-32(27(26)21-44)43-13-12-42-29(34(43)46)15-23-16-35(2,3)17-30(23)42;/h6-9,12-15,18,20,22,44H,10-11,16-17,19,21H2,1-5H3,(H,37,38);1H2/t22-;/m0./s1. The van der Waals surface area contributed by atoms with Gasteiger partial charge >= 0.3 is 0 Å². The second-order valence-corrected chi connectivity index (χ2v) is 13.6. The number of hydrogen-bond acceptors (Lipinski definition) is 8. The molecule has 7 rings (SSSR count). The van der Waals surface area contributed by atoms with Crippen LogP contribution in [0.2, 0.25) is 0 Å². The van der Waals surface area contributed by atoms with E-state index in [9.17, 15) is 14.7 Å². The Balaban J connectivity index is 0.00000386. The van der Waals surface area contributed by atoms with Crippen molar-refractivity contribution in [3.05, 3.63) is 98.8 Å². The summed E-state index contributed by atoms with van der Waals surface area (Å²) in [6.07, 6.45) is 10.7. The summed E-state index contributed by atoms with van der Waals surface area (Å²) >= 11 is 0. The van der Waals surface area contributed by atoms with Gasteiger partial charge in [0.2, 0.25) is 0 Å². The molecule has 12 heteroatoms. The molecule has 11 nitrogen and oxygen atoms in total. The van der Waals surface area contributed by atoms with Gasteiger partial charge in [-0.15, -0.1) is 0 Å². The molecule has 0 unspecified atom stereocenters. The molecule has 246 valence electrons. The fraction of sp³-hybridized carbons (Fsp3) is 0.371. The van der Waals surface area contributed by atoms with Crippen LogP contribution in [0.15, 0.2) is 70.9 Å². The zero-order valence-corrected chi connectivity index (χ0v) is 28.5. The summed E-state index contributed by atoms with van der Waals surface area (Å²) < 4.78 is 4.99. The largest absolute Gasteiger partial charge is 0.392 e. The number of pyridine rings is 3. The Kier molecular flexibility index (Phi) is 8.54. The Morgan fingerprint density at radius 3 is 2.55 bits per heavy atom. The number of nitrogens with zero attached hydrogens (tertiary/aromatic N) is 7. The van der Waals surface area contributed by atoms with E-state index < -0.39 is 0 Å². The summed E-state index contributed by atoms with van der Waals surface area (Å²) in [6, 6.07) is 9.83. The van der Waals surface area contributed by atoms with Crippen molar-refractivity contribution in [3.8, 4) is 16.9 Å². The molecule has 5 aromatic rings. The number of aliphatic hydroxyl groups excluding tert-OH is 1. The highest BCUT2D eigenvalue weighted by atomic mass is 32.1. The number of aryl methyl sites for hydroxylation is 1. The van der Waals surface area contributed by atoms with Crippen LogP contribution in [0.3, 0.4) is 0 Å². The minimum Gasteiger partial charge on any atom is -0.392 e. The summed E-state index contributed by atoms with van der Waals surface area (Å²) in [5, 5.41) is 13.8. The summed E-state index contributed by atoms with van der Waals surface area (Å²) in [5.41, 5.74) is 5.98. The highest BCUT2D eigenvalue weighted by Gasteiger charge is 2.32. The molecule has 2 N–H and O–H groups in total. The minimum atomic E-state index is -0.346. The van der Waals surface area contributed by atoms with Gasteiger partial charge < -0.3 is 29.2 Å². The van der Waals surface area contributed by atoms with Crippen LogP contribution in [0, 0.1) is 5.41 Å². The van der Waals surface area contributed by atoms with E-state index in [4.69, 9.17) is 0 Å². The normalized spacial score (nSPS) is 17.5. The third kappa shape index (κ3) is 5.85. The predicted molar refractivity (Wildman–Crippen MR) is 191 cm³/mol. The molecule has 1 atom stereocenters. The van der Waals surface area contributed by atoms with E-state index in [0.717, 1.165) is 38.2 Å². The van der Waals surface area contributed by atoms with Crippen LogP contribution in [0.1, 0.15) is 37.6 Å². The number of hydrogen-bond donors (Lipinski definition) is 2. The van der Waals surface area contributed by atoms with Gasteiger partial charge in [0, 0.05) is 74.3 Å². The monoisotopic (exact) mass is 654 g/mol. The fourth-order valence-electron chi connectivity index (χ4n) is 7.18. The first-order valence-corrected chi connectivity index (χ1v) is 15.8. The topological polar surface area (TPSA) is 113 Å². The Hall–Kier alpha value is -4.39. The van der Waals surface area contributed by atoms with Crippen LogP contribution in [-0.4, -0.2) is 66.2 Å². The average molecular weight is 655 g/mol. The maximum Gasteiger partial charge on any atom is 0.280 e. The predicted octanol–water partition coefficient (Wildman–Crippen LogP) is 3.86. The molecule has 5 aromatic heterocycles. The third-order valence-corrected chi connectivity index (χ3v) is 9.44. The Bertz CT molecular complexity index is 2080. The Morgan fingerprint density at radius 2 is 1.83 bits per heavy atom. The number of nitrogens with one attached hydrogen (secondary N) is 1. The van der Waals surface area contributed by atoms with Crippen molar-refractivity contribution in [2.24, 2.45) is 12.5 Å². The van der Waals surface area contributed by atoms with Gasteiger partial charge in [-0.1, -0.05) is 13.8 Å². The summed E-state index contributed by atoms with van der Waals surface area (Å²) in [5.74, 6) is 0.910. The second kappa shape index (κ2) is 12.3. The Labute approximate surface area is 280 Å². The van der Waals surface area contributed by atoms with E-state index in [-0.39, 0.29) is 36.6 Å². The van der Waals surface area contributed by atoms with Crippen LogP contribution in [0.25, 0.3) is 22.5 Å². The van der Waals surface area contributed by atoms with Crippen molar-refractivity contribution in [2.75, 3.05) is 36.9 Å². The third-order valence-electron chi connectivity index (χ3n) is 9.44. The van der Waals surface area contributed by atoms with E-state index >= 15 is 0 Å². The zero-order valence-electron chi connectivity index (χ0n) is 27.5. The number of rotatable bonds is 6. The van der Waals surface area contributed by atoms with Gasteiger partial charge in [-0.2, -0.15) is 13.5 Å². The number of likely N-dealkylation sites (N-methyl/N-ethyl adjacent to an activating group) is 1. The summed E-state index contributed by atoms with van der Waals surface area (Å²) in [4.78, 5) is 40.8. The molecule has 1 saturated heterocycles. The number of piperazine rings is 1. The van der Waals surface area contributed by atoms with Crippen molar-refractivity contribution in [1.29, 1.82) is 0 Å². The highest BCUT2D eigenvalue weighted by molar-refractivity contribution is 7.59. The molecule has 1 aliphatic heterocycles. The van der Waals surface area contributed by atoms with Crippen molar-refractivity contribution in [1.82, 2.24) is 28.4 Å². The van der Waals surface area contributed by atoms with Crippen LogP contribution < -0.4 is 21.3 Å². The number of anilines is 3. The molecule has 1 fully saturated rings. The summed E-state index contributed by atoms with van der Waals surface area (Å²) in [6.45, 7) is 9.27. The smallest absolute Gasteiger partial charge is 0.280 e. The van der Waals surface area contributed by atoms with Crippen molar-refractivity contribution in [2.45, 2.75) is 46.3 Å². The molecule has 47 heavy (non-hydrogen) atoms. The van der Waals surface area contributed by atoms with Gasteiger partial charge in [-0.05, 0) is 73.7 Å². The second-order valence-electron chi connectivity index (χ2n) is 13.6. The van der Waals surface area contributed by atoms with Crippen molar-refractivity contribution >= 4 is 36.2 Å². The quantitative estimate of drug-likeness (QED) is 0.284. The lowest BCUT2D eigenvalue weighted by Gasteiger charge is -2.39. The van der Waals surface area contributed by atoms with Gasteiger partial charge in [0.25, 0.3) is 11.1 Å². The molecule has 6 heterocycles. The molecule has 2 aliphatic rings.